The van der Waals surface area contributed by atoms with E-state index in [1.807, 2.05) is 0 Å². The summed E-state index contributed by atoms with van der Waals surface area (Å²) in [6, 6.07) is 4.28. The van der Waals surface area contributed by atoms with Crippen molar-refractivity contribution in [1.82, 2.24) is 14.8 Å². The second-order valence-electron chi connectivity index (χ2n) is 6.38. The Hall–Kier alpha value is -1.20. The highest BCUT2D eigenvalue weighted by atomic mass is 32.1. The van der Waals surface area contributed by atoms with Crippen LogP contribution >= 0.6 is 11.3 Å². The summed E-state index contributed by atoms with van der Waals surface area (Å²) < 4.78 is 2.35. The SMILES string of the molecule is OC1CC(c2cccs2)(c2nnc3n2CCCCCC3)C1. The summed E-state index contributed by atoms with van der Waals surface area (Å²) in [4.78, 5) is 1.32. The van der Waals surface area contributed by atoms with Gasteiger partial charge in [0.05, 0.1) is 11.5 Å². The van der Waals surface area contributed by atoms with E-state index in [0.717, 1.165) is 37.5 Å². The lowest BCUT2D eigenvalue weighted by atomic mass is 9.65. The molecule has 1 fully saturated rings. The Kier molecular flexibility index (Phi) is 3.34. The van der Waals surface area contributed by atoms with E-state index < -0.39 is 0 Å². The van der Waals surface area contributed by atoms with Crippen LogP contribution in [0.1, 0.15) is 55.1 Å². The number of aromatic nitrogens is 3. The number of thiophene rings is 1. The molecule has 4 nitrogen and oxygen atoms in total. The Morgan fingerprint density at radius 2 is 2.05 bits per heavy atom. The number of hydrogen-bond donors (Lipinski definition) is 1. The predicted octanol–water partition coefficient (Wildman–Crippen LogP) is 2.90. The molecule has 2 aliphatic rings. The molecule has 3 heterocycles. The third-order valence-electron chi connectivity index (χ3n) is 4.95. The van der Waals surface area contributed by atoms with Gasteiger partial charge in [0.15, 0.2) is 0 Å². The van der Waals surface area contributed by atoms with E-state index >= 15 is 0 Å². The quantitative estimate of drug-likeness (QED) is 0.928. The molecule has 0 unspecified atom stereocenters. The van der Waals surface area contributed by atoms with Gasteiger partial charge in [-0.15, -0.1) is 21.5 Å². The van der Waals surface area contributed by atoms with Crippen molar-refractivity contribution in [2.45, 2.75) is 63.0 Å². The molecule has 1 aliphatic carbocycles. The van der Waals surface area contributed by atoms with E-state index in [0.29, 0.717) is 0 Å². The van der Waals surface area contributed by atoms with Gasteiger partial charge in [0.1, 0.15) is 11.6 Å². The van der Waals surface area contributed by atoms with Gasteiger partial charge in [-0.05, 0) is 37.1 Å². The van der Waals surface area contributed by atoms with Crippen LogP contribution in [0, 0.1) is 0 Å². The first kappa shape index (κ1) is 13.5. The molecule has 112 valence electrons. The van der Waals surface area contributed by atoms with Crippen LogP contribution in [0.5, 0.6) is 0 Å². The fraction of sp³-hybridized carbons (Fsp3) is 0.625. The minimum atomic E-state index is -0.200. The summed E-state index contributed by atoms with van der Waals surface area (Å²) in [5.41, 5.74) is -0.0992. The van der Waals surface area contributed by atoms with Crippen molar-refractivity contribution in [2.24, 2.45) is 0 Å². The van der Waals surface area contributed by atoms with Crippen LogP contribution in [0.2, 0.25) is 0 Å². The normalized spacial score (nSPS) is 29.3. The second kappa shape index (κ2) is 5.21. The number of hydrogen-bond acceptors (Lipinski definition) is 4. The van der Waals surface area contributed by atoms with Gasteiger partial charge in [-0.25, -0.2) is 0 Å². The standard InChI is InChI=1S/C16H21N3OS/c20-12-10-16(11-12,13-6-5-9-21-13)15-18-17-14-7-3-1-2-4-8-19(14)15/h5-6,9,12,20H,1-4,7-8,10-11H2. The smallest absolute Gasteiger partial charge is 0.144 e. The first-order valence-corrected chi connectivity index (χ1v) is 8.82. The van der Waals surface area contributed by atoms with Gasteiger partial charge in [-0.2, -0.15) is 0 Å². The molecule has 0 spiro atoms. The maximum absolute atomic E-state index is 9.93. The van der Waals surface area contributed by atoms with Crippen LogP contribution in [0.15, 0.2) is 17.5 Å². The number of aliphatic hydroxyl groups is 1. The summed E-state index contributed by atoms with van der Waals surface area (Å²) in [6.07, 6.45) is 7.43. The third kappa shape index (κ3) is 2.14. The molecular formula is C16H21N3OS. The molecule has 0 bridgehead atoms. The summed E-state index contributed by atoms with van der Waals surface area (Å²) in [6.45, 7) is 1.03. The number of fused-ring (bicyclic) bond motifs is 1. The van der Waals surface area contributed by atoms with Gasteiger partial charge >= 0.3 is 0 Å². The Morgan fingerprint density at radius 1 is 1.19 bits per heavy atom. The van der Waals surface area contributed by atoms with E-state index in [9.17, 15) is 5.11 Å². The van der Waals surface area contributed by atoms with E-state index in [1.54, 1.807) is 11.3 Å². The van der Waals surface area contributed by atoms with E-state index in [-0.39, 0.29) is 11.5 Å². The first-order valence-electron chi connectivity index (χ1n) is 7.94. The zero-order chi connectivity index (χ0) is 14.3. The van der Waals surface area contributed by atoms with Crippen molar-refractivity contribution >= 4 is 11.3 Å². The van der Waals surface area contributed by atoms with E-state index in [4.69, 9.17) is 0 Å². The third-order valence-corrected chi connectivity index (χ3v) is 6.02. The monoisotopic (exact) mass is 303 g/mol. The van der Waals surface area contributed by atoms with Crippen molar-refractivity contribution in [2.75, 3.05) is 0 Å². The summed E-state index contributed by atoms with van der Waals surface area (Å²) in [7, 11) is 0. The van der Waals surface area contributed by atoms with E-state index in [1.165, 1.54) is 30.6 Å². The largest absolute Gasteiger partial charge is 0.393 e. The topological polar surface area (TPSA) is 50.9 Å². The molecule has 0 saturated heterocycles. The number of aryl methyl sites for hydroxylation is 1. The number of nitrogens with zero attached hydrogens (tertiary/aromatic N) is 3. The molecule has 21 heavy (non-hydrogen) atoms. The Labute approximate surface area is 128 Å². The first-order chi connectivity index (χ1) is 10.3. The van der Waals surface area contributed by atoms with Gasteiger partial charge in [-0.3, -0.25) is 0 Å². The summed E-state index contributed by atoms with van der Waals surface area (Å²) in [5.74, 6) is 2.23. The van der Waals surface area contributed by atoms with Gasteiger partial charge in [-0.1, -0.05) is 18.9 Å². The molecule has 2 aromatic heterocycles. The van der Waals surface area contributed by atoms with Gasteiger partial charge in [0.2, 0.25) is 0 Å². The van der Waals surface area contributed by atoms with Crippen LogP contribution in [-0.2, 0) is 18.4 Å². The molecule has 0 amide bonds. The van der Waals surface area contributed by atoms with Gasteiger partial charge < -0.3 is 9.67 Å². The lowest BCUT2D eigenvalue weighted by Gasteiger charge is -2.44. The van der Waals surface area contributed by atoms with Crippen molar-refractivity contribution < 1.29 is 5.11 Å². The van der Waals surface area contributed by atoms with Crippen LogP contribution in [0.4, 0.5) is 0 Å². The molecule has 1 N–H and O–H groups in total. The molecule has 0 radical (unpaired) electrons. The average molecular weight is 303 g/mol. The predicted molar refractivity (Wildman–Crippen MR) is 82.5 cm³/mol. The molecule has 0 aromatic carbocycles. The van der Waals surface area contributed by atoms with Crippen molar-refractivity contribution in [3.05, 3.63) is 34.0 Å². The highest BCUT2D eigenvalue weighted by Gasteiger charge is 2.50. The second-order valence-corrected chi connectivity index (χ2v) is 7.32. The fourth-order valence-electron chi connectivity index (χ4n) is 3.81. The average Bonchev–Trinajstić information content (AvgIpc) is 3.05. The minimum absolute atomic E-state index is 0.0992. The minimum Gasteiger partial charge on any atom is -0.393 e. The van der Waals surface area contributed by atoms with Crippen molar-refractivity contribution in [3.8, 4) is 0 Å². The molecule has 1 aliphatic heterocycles. The Morgan fingerprint density at radius 3 is 2.81 bits per heavy atom. The molecule has 4 rings (SSSR count). The van der Waals surface area contributed by atoms with Gasteiger partial charge in [0, 0.05) is 17.8 Å². The summed E-state index contributed by atoms with van der Waals surface area (Å²) >= 11 is 1.77. The Bertz CT molecular complexity index is 614. The molecular weight excluding hydrogens is 282 g/mol. The van der Waals surface area contributed by atoms with E-state index in [2.05, 4.69) is 32.3 Å². The van der Waals surface area contributed by atoms with Crippen LogP contribution < -0.4 is 0 Å². The maximum Gasteiger partial charge on any atom is 0.144 e. The van der Waals surface area contributed by atoms with Gasteiger partial charge in [0.25, 0.3) is 0 Å². The fourth-order valence-corrected chi connectivity index (χ4v) is 4.75. The molecule has 2 aromatic rings. The highest BCUT2D eigenvalue weighted by Crippen LogP contribution is 2.50. The lowest BCUT2D eigenvalue weighted by molar-refractivity contribution is 0.0333. The van der Waals surface area contributed by atoms with Crippen molar-refractivity contribution in [1.29, 1.82) is 0 Å². The zero-order valence-electron chi connectivity index (χ0n) is 12.2. The number of rotatable bonds is 2. The van der Waals surface area contributed by atoms with Crippen LogP contribution in [-0.4, -0.2) is 26.0 Å². The van der Waals surface area contributed by atoms with Crippen LogP contribution in [0.3, 0.4) is 0 Å². The number of aliphatic hydroxyl groups excluding tert-OH is 1. The molecule has 0 atom stereocenters. The molecule has 5 heteroatoms. The summed E-state index contributed by atoms with van der Waals surface area (Å²) in [5, 5.41) is 21.1. The van der Waals surface area contributed by atoms with Crippen molar-refractivity contribution in [3.63, 3.8) is 0 Å². The van der Waals surface area contributed by atoms with Crippen LogP contribution in [0.25, 0.3) is 0 Å². The Balaban J connectivity index is 1.77. The highest BCUT2D eigenvalue weighted by molar-refractivity contribution is 7.10. The maximum atomic E-state index is 9.93. The lowest BCUT2D eigenvalue weighted by Crippen LogP contribution is -2.47. The zero-order valence-corrected chi connectivity index (χ0v) is 13.0. The molecule has 1 saturated carbocycles.